The number of benzene rings is 1. The van der Waals surface area contributed by atoms with Gasteiger partial charge in [-0.15, -0.1) is 0 Å². The number of likely N-dealkylation sites (tertiary alicyclic amines) is 1. The van der Waals surface area contributed by atoms with Gasteiger partial charge in [0.05, 0.1) is 19.2 Å². The molecule has 3 heterocycles. The number of methoxy groups -OCH3 is 1. The van der Waals surface area contributed by atoms with Gasteiger partial charge in [0.1, 0.15) is 17.4 Å². The van der Waals surface area contributed by atoms with E-state index in [0.29, 0.717) is 24.8 Å². The third-order valence-electron chi connectivity index (χ3n) is 4.94. The van der Waals surface area contributed by atoms with Crippen LogP contribution in [-0.4, -0.2) is 65.7 Å². The fourth-order valence-corrected chi connectivity index (χ4v) is 3.51. The van der Waals surface area contributed by atoms with Gasteiger partial charge in [-0.25, -0.2) is 14.2 Å². The zero-order chi connectivity index (χ0) is 19.4. The molecule has 9 heteroatoms. The minimum absolute atomic E-state index is 0.0509. The number of nitrogens with one attached hydrogen (secondary N) is 1. The molecule has 1 amide bonds. The van der Waals surface area contributed by atoms with Gasteiger partial charge < -0.3 is 30.2 Å². The summed E-state index contributed by atoms with van der Waals surface area (Å²) in [6.07, 6.45) is 0.463. The minimum atomic E-state index is -1.02. The molecule has 0 saturated carbocycles. The number of carbonyl (C=O) groups is 1. The van der Waals surface area contributed by atoms with E-state index in [1.54, 1.807) is 7.11 Å². The second-order valence-corrected chi connectivity index (χ2v) is 6.70. The van der Waals surface area contributed by atoms with Crippen molar-refractivity contribution in [3.63, 3.8) is 0 Å². The third-order valence-corrected chi connectivity index (χ3v) is 4.94. The molecule has 4 rings (SSSR count). The number of carboxylic acid groups (broad SMARTS) is 1. The van der Waals surface area contributed by atoms with Crippen LogP contribution in [0.5, 0.6) is 5.75 Å². The van der Waals surface area contributed by atoms with Crippen molar-refractivity contribution in [1.82, 2.24) is 14.9 Å². The van der Waals surface area contributed by atoms with E-state index in [9.17, 15) is 9.18 Å². The molecule has 1 aromatic heterocycles. The zero-order valence-corrected chi connectivity index (χ0v) is 15.3. The van der Waals surface area contributed by atoms with Gasteiger partial charge in [0.2, 0.25) is 0 Å². The summed E-state index contributed by atoms with van der Waals surface area (Å²) in [6.45, 7) is 2.03. The standard InChI is InChI=1S/C13H17N3O2.C5H8FNO2/c1-17-10-3-2-9(8-4-6-18-7-5-8)11-12(10)16-13(14)15-11;6-4-1-2-7(3-4)5(8)9/h2-3,8H,4-7H2,1H3,(H3,14,15,16);4H,1-3H2,(H,8,9)/t;4-/m.0/s1. The van der Waals surface area contributed by atoms with E-state index in [1.165, 1.54) is 5.56 Å². The summed E-state index contributed by atoms with van der Waals surface area (Å²) in [6, 6.07) is 4.07. The fourth-order valence-electron chi connectivity index (χ4n) is 3.51. The largest absolute Gasteiger partial charge is 0.494 e. The molecule has 1 atom stereocenters. The zero-order valence-electron chi connectivity index (χ0n) is 15.3. The van der Waals surface area contributed by atoms with Crippen molar-refractivity contribution in [1.29, 1.82) is 0 Å². The maximum absolute atomic E-state index is 12.2. The fraction of sp³-hybridized carbons (Fsp3) is 0.556. The Bertz CT molecular complexity index is 791. The Balaban J connectivity index is 0.000000197. The second-order valence-electron chi connectivity index (χ2n) is 6.70. The first-order chi connectivity index (χ1) is 13.0. The monoisotopic (exact) mass is 380 g/mol. The predicted octanol–water partition coefficient (Wildman–Crippen LogP) is 2.76. The molecule has 8 nitrogen and oxygen atoms in total. The number of nitrogen functional groups attached to an aromatic ring is 1. The number of aromatic nitrogens is 2. The maximum Gasteiger partial charge on any atom is 0.407 e. The Kier molecular flexibility index (Phi) is 6.00. The molecule has 4 N–H and O–H groups in total. The van der Waals surface area contributed by atoms with E-state index in [2.05, 4.69) is 16.0 Å². The van der Waals surface area contributed by atoms with Crippen molar-refractivity contribution in [2.24, 2.45) is 0 Å². The van der Waals surface area contributed by atoms with Crippen LogP contribution >= 0.6 is 0 Å². The molecule has 0 radical (unpaired) electrons. The molecular formula is C18H25FN4O4. The van der Waals surface area contributed by atoms with Crippen LogP contribution in [0.2, 0.25) is 0 Å². The first-order valence-electron chi connectivity index (χ1n) is 9.01. The molecular weight excluding hydrogens is 355 g/mol. The minimum Gasteiger partial charge on any atom is -0.494 e. The van der Waals surface area contributed by atoms with E-state index in [0.717, 1.165) is 47.7 Å². The summed E-state index contributed by atoms with van der Waals surface area (Å²) >= 11 is 0. The van der Waals surface area contributed by atoms with Crippen LogP contribution in [0, 0.1) is 0 Å². The number of anilines is 1. The van der Waals surface area contributed by atoms with E-state index in [4.69, 9.17) is 20.3 Å². The Hall–Kier alpha value is -2.55. The molecule has 1 aromatic carbocycles. The number of hydrogen-bond acceptors (Lipinski definition) is 5. The molecule has 27 heavy (non-hydrogen) atoms. The second kappa shape index (κ2) is 8.43. The number of nitrogens with two attached hydrogens (primary N) is 1. The molecule has 148 valence electrons. The van der Waals surface area contributed by atoms with Crippen LogP contribution in [0.4, 0.5) is 15.1 Å². The molecule has 2 fully saturated rings. The summed E-state index contributed by atoms with van der Waals surface area (Å²) < 4.78 is 23.0. The lowest BCUT2D eigenvalue weighted by Gasteiger charge is -2.22. The normalized spacial score (nSPS) is 20.4. The van der Waals surface area contributed by atoms with E-state index >= 15 is 0 Å². The number of nitrogens with zero attached hydrogens (tertiary/aromatic N) is 2. The molecule has 2 aliphatic rings. The van der Waals surface area contributed by atoms with Crippen molar-refractivity contribution in [2.45, 2.75) is 31.4 Å². The molecule has 2 aromatic rings. The summed E-state index contributed by atoms with van der Waals surface area (Å²) in [7, 11) is 1.65. The highest BCUT2D eigenvalue weighted by Crippen LogP contribution is 2.35. The number of ether oxygens (including phenoxy) is 2. The number of hydrogen-bond donors (Lipinski definition) is 3. The SMILES string of the molecule is COc1ccc(C2CCOCC2)c2nc(N)[nH]c12.O=C(O)N1CC[C@H](F)C1. The Morgan fingerprint density at radius 2 is 2.15 bits per heavy atom. The van der Waals surface area contributed by atoms with Crippen LogP contribution in [0.1, 0.15) is 30.7 Å². The number of halogens is 1. The number of alkyl halides is 1. The van der Waals surface area contributed by atoms with Gasteiger partial charge in [-0.05, 0) is 36.8 Å². The van der Waals surface area contributed by atoms with Crippen molar-refractivity contribution in [2.75, 3.05) is 39.1 Å². The predicted molar refractivity (Wildman–Crippen MR) is 99.0 cm³/mol. The highest BCUT2D eigenvalue weighted by atomic mass is 19.1. The maximum atomic E-state index is 12.2. The topological polar surface area (TPSA) is 114 Å². The van der Waals surface area contributed by atoms with Gasteiger partial charge in [0.25, 0.3) is 0 Å². The lowest BCUT2D eigenvalue weighted by Crippen LogP contribution is -2.26. The number of fused-ring (bicyclic) bond motifs is 1. The molecule has 2 aliphatic heterocycles. The van der Waals surface area contributed by atoms with Crippen molar-refractivity contribution < 1.29 is 23.8 Å². The van der Waals surface area contributed by atoms with Crippen LogP contribution < -0.4 is 10.5 Å². The Morgan fingerprint density at radius 3 is 2.70 bits per heavy atom. The molecule has 0 bridgehead atoms. The van der Waals surface area contributed by atoms with Gasteiger partial charge in [0.15, 0.2) is 5.95 Å². The summed E-state index contributed by atoms with van der Waals surface area (Å²) in [5.41, 5.74) is 8.82. The Labute approximate surface area is 156 Å². The van der Waals surface area contributed by atoms with Crippen LogP contribution in [-0.2, 0) is 4.74 Å². The summed E-state index contributed by atoms with van der Waals surface area (Å²) in [5.74, 6) is 1.71. The number of imidazole rings is 1. The van der Waals surface area contributed by atoms with Crippen molar-refractivity contribution in [3.8, 4) is 5.75 Å². The number of amides is 1. The quantitative estimate of drug-likeness (QED) is 0.738. The highest BCUT2D eigenvalue weighted by molar-refractivity contribution is 5.86. The smallest absolute Gasteiger partial charge is 0.407 e. The van der Waals surface area contributed by atoms with Gasteiger partial charge in [-0.1, -0.05) is 6.07 Å². The van der Waals surface area contributed by atoms with Crippen LogP contribution in [0.25, 0.3) is 11.0 Å². The van der Waals surface area contributed by atoms with Crippen molar-refractivity contribution in [3.05, 3.63) is 17.7 Å². The average molecular weight is 380 g/mol. The molecule has 0 spiro atoms. The number of rotatable bonds is 2. The van der Waals surface area contributed by atoms with Crippen molar-refractivity contribution >= 4 is 23.1 Å². The number of aromatic amines is 1. The van der Waals surface area contributed by atoms with E-state index < -0.39 is 12.3 Å². The van der Waals surface area contributed by atoms with Gasteiger partial charge in [-0.2, -0.15) is 0 Å². The van der Waals surface area contributed by atoms with Crippen LogP contribution in [0.3, 0.4) is 0 Å². The molecule has 0 unspecified atom stereocenters. The first-order valence-corrected chi connectivity index (χ1v) is 9.01. The Morgan fingerprint density at radius 1 is 1.41 bits per heavy atom. The lowest BCUT2D eigenvalue weighted by molar-refractivity contribution is 0.0856. The van der Waals surface area contributed by atoms with Crippen LogP contribution in [0.15, 0.2) is 12.1 Å². The molecule has 2 saturated heterocycles. The van der Waals surface area contributed by atoms with Gasteiger partial charge in [0, 0.05) is 19.8 Å². The van der Waals surface area contributed by atoms with E-state index in [1.807, 2.05) is 6.07 Å². The third kappa shape index (κ3) is 4.41. The average Bonchev–Trinajstić information content (AvgIpc) is 3.27. The van der Waals surface area contributed by atoms with Gasteiger partial charge in [-0.3, -0.25) is 0 Å². The summed E-state index contributed by atoms with van der Waals surface area (Å²) in [4.78, 5) is 18.7. The lowest BCUT2D eigenvalue weighted by atomic mass is 9.90. The van der Waals surface area contributed by atoms with Gasteiger partial charge >= 0.3 is 6.09 Å². The first kappa shape index (κ1) is 19.2. The highest BCUT2D eigenvalue weighted by Gasteiger charge is 2.25. The number of H-pyrrole nitrogens is 1. The molecule has 0 aliphatic carbocycles. The van der Waals surface area contributed by atoms with E-state index in [-0.39, 0.29) is 6.54 Å². The summed E-state index contributed by atoms with van der Waals surface area (Å²) in [5, 5.41) is 8.29.